The van der Waals surface area contributed by atoms with Gasteiger partial charge in [-0.3, -0.25) is 0 Å². The normalized spacial score (nSPS) is 10.2. The van der Waals surface area contributed by atoms with Crippen LogP contribution in [0.3, 0.4) is 0 Å². The number of aromatic nitrogens is 4. The lowest BCUT2D eigenvalue weighted by atomic mass is 10.5. The third-order valence-electron chi connectivity index (χ3n) is 1.69. The average molecular weight is 224 g/mol. The molecule has 0 atom stereocenters. The number of esters is 1. The molecule has 0 unspecified atom stereocenters. The van der Waals surface area contributed by atoms with Crippen LogP contribution < -0.4 is 0 Å². The van der Waals surface area contributed by atoms with Crippen LogP contribution in [-0.2, 0) is 16.1 Å². The van der Waals surface area contributed by atoms with E-state index >= 15 is 0 Å². The van der Waals surface area contributed by atoms with Gasteiger partial charge in [0.05, 0.1) is 12.0 Å². The highest BCUT2D eigenvalue weighted by molar-refractivity contribution is 7.13. The van der Waals surface area contributed by atoms with Crippen LogP contribution in [0.25, 0.3) is 10.7 Å². The number of nitrogens with zero attached hydrogens (tertiary/aromatic N) is 4. The summed E-state index contributed by atoms with van der Waals surface area (Å²) in [7, 11) is 1.32. The van der Waals surface area contributed by atoms with E-state index in [1.807, 2.05) is 17.5 Å². The highest BCUT2D eigenvalue weighted by Gasteiger charge is 2.09. The van der Waals surface area contributed by atoms with Crippen molar-refractivity contribution in [1.29, 1.82) is 0 Å². The molecule has 78 valence electrons. The molecule has 0 aliphatic heterocycles. The van der Waals surface area contributed by atoms with E-state index in [0.717, 1.165) is 4.88 Å². The molecule has 0 radical (unpaired) electrons. The molecule has 0 aliphatic rings. The molecular weight excluding hydrogens is 216 g/mol. The SMILES string of the molecule is COC(=O)Cn1nnc(-c2cccs2)n1. The van der Waals surface area contributed by atoms with Gasteiger partial charge in [0, 0.05) is 0 Å². The number of hydrogen-bond acceptors (Lipinski definition) is 6. The van der Waals surface area contributed by atoms with Gasteiger partial charge in [0.2, 0.25) is 5.82 Å². The Morgan fingerprint density at radius 3 is 3.20 bits per heavy atom. The number of methoxy groups -OCH3 is 1. The van der Waals surface area contributed by atoms with Crippen molar-refractivity contribution in [2.24, 2.45) is 0 Å². The van der Waals surface area contributed by atoms with Gasteiger partial charge in [0.1, 0.15) is 0 Å². The molecule has 0 fully saturated rings. The van der Waals surface area contributed by atoms with Crippen molar-refractivity contribution < 1.29 is 9.53 Å². The van der Waals surface area contributed by atoms with Crippen LogP contribution in [-0.4, -0.2) is 33.3 Å². The third kappa shape index (κ3) is 2.18. The first-order valence-corrected chi connectivity index (χ1v) is 5.06. The molecule has 6 nitrogen and oxygen atoms in total. The van der Waals surface area contributed by atoms with E-state index in [4.69, 9.17) is 0 Å². The van der Waals surface area contributed by atoms with Crippen molar-refractivity contribution in [1.82, 2.24) is 20.2 Å². The van der Waals surface area contributed by atoms with Crippen molar-refractivity contribution in [3.8, 4) is 10.7 Å². The van der Waals surface area contributed by atoms with Crippen LogP contribution in [0.2, 0.25) is 0 Å². The highest BCUT2D eigenvalue weighted by Crippen LogP contribution is 2.19. The molecule has 0 amide bonds. The van der Waals surface area contributed by atoms with Gasteiger partial charge in [0.15, 0.2) is 6.54 Å². The van der Waals surface area contributed by atoms with Crippen LogP contribution in [0.5, 0.6) is 0 Å². The summed E-state index contributed by atoms with van der Waals surface area (Å²) in [6, 6.07) is 3.80. The van der Waals surface area contributed by atoms with Gasteiger partial charge in [-0.25, -0.2) is 4.79 Å². The smallest absolute Gasteiger partial charge is 0.329 e. The van der Waals surface area contributed by atoms with Gasteiger partial charge >= 0.3 is 5.97 Å². The highest BCUT2D eigenvalue weighted by atomic mass is 32.1. The molecule has 0 spiro atoms. The number of thiophene rings is 1. The minimum atomic E-state index is -0.398. The fourth-order valence-corrected chi connectivity index (χ4v) is 1.64. The molecule has 7 heteroatoms. The molecule has 2 heterocycles. The second-order valence-electron chi connectivity index (χ2n) is 2.70. The molecular formula is C8H8N4O2S. The first kappa shape index (κ1) is 9.78. The first-order chi connectivity index (χ1) is 7.29. The van der Waals surface area contributed by atoms with Gasteiger partial charge in [0.25, 0.3) is 0 Å². The maximum atomic E-state index is 10.9. The number of carbonyl (C=O) groups is 1. The van der Waals surface area contributed by atoms with Crippen molar-refractivity contribution in [3.05, 3.63) is 17.5 Å². The quantitative estimate of drug-likeness (QED) is 0.713. The van der Waals surface area contributed by atoms with Gasteiger partial charge in [-0.15, -0.1) is 21.5 Å². The summed E-state index contributed by atoms with van der Waals surface area (Å²) >= 11 is 1.52. The standard InChI is InChI=1S/C8H8N4O2S/c1-14-7(13)5-12-10-8(9-11-12)6-3-2-4-15-6/h2-4H,5H2,1H3. The van der Waals surface area contributed by atoms with Crippen molar-refractivity contribution in [2.45, 2.75) is 6.54 Å². The van der Waals surface area contributed by atoms with Crippen molar-refractivity contribution in [2.75, 3.05) is 7.11 Å². The van der Waals surface area contributed by atoms with E-state index in [-0.39, 0.29) is 6.54 Å². The lowest BCUT2D eigenvalue weighted by Gasteiger charge is -1.95. The van der Waals surface area contributed by atoms with Crippen LogP contribution in [0, 0.1) is 0 Å². The molecule has 0 bridgehead atoms. The zero-order chi connectivity index (χ0) is 10.7. The molecule has 0 saturated heterocycles. The summed E-state index contributed by atoms with van der Waals surface area (Å²) in [5.74, 6) is 0.124. The summed E-state index contributed by atoms with van der Waals surface area (Å²) < 4.78 is 4.49. The van der Waals surface area contributed by atoms with E-state index in [1.165, 1.54) is 23.2 Å². The number of tetrazole rings is 1. The van der Waals surface area contributed by atoms with E-state index in [0.29, 0.717) is 5.82 Å². The van der Waals surface area contributed by atoms with E-state index in [1.54, 1.807) is 0 Å². The Kier molecular flexibility index (Phi) is 2.72. The maximum absolute atomic E-state index is 10.9. The Hall–Kier alpha value is -1.76. The second-order valence-corrected chi connectivity index (χ2v) is 3.64. The summed E-state index contributed by atoms with van der Waals surface area (Å²) in [6.07, 6.45) is 0. The van der Waals surface area contributed by atoms with Gasteiger partial charge < -0.3 is 4.74 Å². The number of carbonyl (C=O) groups excluding carboxylic acids is 1. The fraction of sp³-hybridized carbons (Fsp3) is 0.250. The van der Waals surface area contributed by atoms with Crippen LogP contribution in [0.1, 0.15) is 0 Å². The van der Waals surface area contributed by atoms with Crippen LogP contribution in [0.15, 0.2) is 17.5 Å². The van der Waals surface area contributed by atoms with Gasteiger partial charge in [-0.2, -0.15) is 4.80 Å². The number of rotatable bonds is 3. The molecule has 0 saturated carbocycles. The fourth-order valence-electron chi connectivity index (χ4n) is 0.995. The maximum Gasteiger partial charge on any atom is 0.329 e. The largest absolute Gasteiger partial charge is 0.468 e. The van der Waals surface area contributed by atoms with Crippen molar-refractivity contribution >= 4 is 17.3 Å². The van der Waals surface area contributed by atoms with Gasteiger partial charge in [-0.05, 0) is 16.7 Å². The second kappa shape index (κ2) is 4.18. The summed E-state index contributed by atoms with van der Waals surface area (Å²) in [5, 5.41) is 13.5. The van der Waals surface area contributed by atoms with E-state index < -0.39 is 5.97 Å². The Morgan fingerprint density at radius 2 is 2.53 bits per heavy atom. The molecule has 0 aromatic carbocycles. The van der Waals surface area contributed by atoms with E-state index in [2.05, 4.69) is 20.1 Å². The lowest BCUT2D eigenvalue weighted by Crippen LogP contribution is -2.14. The Labute approximate surface area is 89.5 Å². The zero-order valence-corrected chi connectivity index (χ0v) is 8.77. The zero-order valence-electron chi connectivity index (χ0n) is 7.95. The lowest BCUT2D eigenvalue weighted by molar-refractivity contribution is -0.141. The molecule has 15 heavy (non-hydrogen) atoms. The Morgan fingerprint density at radius 1 is 1.67 bits per heavy atom. The first-order valence-electron chi connectivity index (χ1n) is 4.18. The molecule has 0 N–H and O–H groups in total. The summed E-state index contributed by atoms with van der Waals surface area (Å²) in [4.78, 5) is 13.1. The predicted molar refractivity (Wildman–Crippen MR) is 53.1 cm³/mol. The molecule has 0 aliphatic carbocycles. The third-order valence-corrected chi connectivity index (χ3v) is 2.56. The number of hydrogen-bond donors (Lipinski definition) is 0. The number of ether oxygens (including phenoxy) is 1. The Balaban J connectivity index is 2.14. The van der Waals surface area contributed by atoms with Crippen LogP contribution >= 0.6 is 11.3 Å². The summed E-state index contributed by atoms with van der Waals surface area (Å²) in [5.41, 5.74) is 0. The average Bonchev–Trinajstić information content (AvgIpc) is 2.85. The predicted octanol–water partition coefficient (Wildman–Crippen LogP) is 0.575. The topological polar surface area (TPSA) is 69.9 Å². The van der Waals surface area contributed by atoms with Crippen molar-refractivity contribution in [3.63, 3.8) is 0 Å². The summed E-state index contributed by atoms with van der Waals surface area (Å²) in [6.45, 7) is -0.0190. The molecule has 2 aromatic heterocycles. The molecule has 2 rings (SSSR count). The monoisotopic (exact) mass is 224 g/mol. The molecule has 2 aromatic rings. The minimum Gasteiger partial charge on any atom is -0.468 e. The van der Waals surface area contributed by atoms with Crippen LogP contribution in [0.4, 0.5) is 0 Å². The van der Waals surface area contributed by atoms with E-state index in [9.17, 15) is 4.79 Å². The minimum absolute atomic E-state index is 0.0190. The Bertz CT molecular complexity index is 451. The van der Waals surface area contributed by atoms with Gasteiger partial charge in [-0.1, -0.05) is 6.07 Å².